The van der Waals surface area contributed by atoms with Crippen LogP contribution < -0.4 is 4.48 Å². The predicted octanol–water partition coefficient (Wildman–Crippen LogP) is 6.78. The molecule has 0 amide bonds. The fourth-order valence-corrected chi connectivity index (χ4v) is 3.30. The number of azo groups is 1. The Balaban J connectivity index is 2.08. The second kappa shape index (κ2) is 7.86. The standard InChI is InChI=1S/C22H24N3/c1-3-25(4-2,20-15-9-6-10-16-20)22-18-12-11-17-21(22)24-23-19-13-7-5-8-14-19/h5-18H,3-4H2,1-2H3/q+1. The zero-order valence-corrected chi connectivity index (χ0v) is 14.8. The number of rotatable bonds is 6. The number of nitrogens with zero attached hydrogens (tertiary/aromatic N) is 3. The lowest BCUT2D eigenvalue weighted by molar-refractivity contribution is 0.421. The highest BCUT2D eigenvalue weighted by Gasteiger charge is 2.32. The highest BCUT2D eigenvalue weighted by molar-refractivity contribution is 5.70. The van der Waals surface area contributed by atoms with Crippen LogP contribution in [0.1, 0.15) is 13.8 Å². The van der Waals surface area contributed by atoms with E-state index in [1.807, 2.05) is 42.5 Å². The number of hydrogen-bond acceptors (Lipinski definition) is 2. The van der Waals surface area contributed by atoms with Gasteiger partial charge in [0.1, 0.15) is 11.4 Å². The van der Waals surface area contributed by atoms with E-state index in [2.05, 4.69) is 66.5 Å². The highest BCUT2D eigenvalue weighted by atomic mass is 15.4. The van der Waals surface area contributed by atoms with Crippen molar-refractivity contribution in [1.82, 2.24) is 4.48 Å². The Morgan fingerprint density at radius 2 is 1.20 bits per heavy atom. The summed E-state index contributed by atoms with van der Waals surface area (Å²) in [6.07, 6.45) is 0. The Labute approximate surface area is 149 Å². The van der Waals surface area contributed by atoms with Crippen molar-refractivity contribution in [2.45, 2.75) is 13.8 Å². The second-order valence-electron chi connectivity index (χ2n) is 5.96. The molecular weight excluding hydrogens is 306 g/mol. The Kier molecular flexibility index (Phi) is 5.36. The van der Waals surface area contributed by atoms with Gasteiger partial charge < -0.3 is 0 Å². The van der Waals surface area contributed by atoms with Crippen LogP contribution in [-0.2, 0) is 0 Å². The van der Waals surface area contributed by atoms with Gasteiger partial charge in [-0.25, -0.2) is 0 Å². The lowest BCUT2D eigenvalue weighted by atomic mass is 10.1. The fourth-order valence-electron chi connectivity index (χ4n) is 3.30. The van der Waals surface area contributed by atoms with Crippen LogP contribution in [0.2, 0.25) is 0 Å². The van der Waals surface area contributed by atoms with Crippen LogP contribution in [0.15, 0.2) is 95.2 Å². The zero-order valence-electron chi connectivity index (χ0n) is 14.8. The quantitative estimate of drug-likeness (QED) is 0.351. The maximum Gasteiger partial charge on any atom is 0.165 e. The summed E-state index contributed by atoms with van der Waals surface area (Å²) in [5.74, 6) is 0. The SMILES string of the molecule is CC[N+](CC)(c1ccccc1)c1ccccc1N=Nc1ccccc1. The Morgan fingerprint density at radius 3 is 1.84 bits per heavy atom. The molecule has 0 N–H and O–H groups in total. The fraction of sp³-hybridized carbons (Fsp3) is 0.182. The van der Waals surface area contributed by atoms with E-state index < -0.39 is 0 Å². The molecule has 3 nitrogen and oxygen atoms in total. The van der Waals surface area contributed by atoms with Gasteiger partial charge in [0.2, 0.25) is 0 Å². The lowest BCUT2D eigenvalue weighted by Gasteiger charge is -2.36. The van der Waals surface area contributed by atoms with Crippen LogP contribution in [0.25, 0.3) is 0 Å². The minimum absolute atomic E-state index is 0.755. The maximum atomic E-state index is 4.57. The van der Waals surface area contributed by atoms with E-state index in [4.69, 9.17) is 0 Å². The summed E-state index contributed by atoms with van der Waals surface area (Å²) < 4.78 is 0.755. The van der Waals surface area contributed by atoms with Crippen molar-refractivity contribution in [2.24, 2.45) is 10.2 Å². The second-order valence-corrected chi connectivity index (χ2v) is 5.96. The normalized spacial score (nSPS) is 11.8. The molecule has 3 aromatic carbocycles. The van der Waals surface area contributed by atoms with Gasteiger partial charge in [0.25, 0.3) is 0 Å². The summed E-state index contributed by atoms with van der Waals surface area (Å²) in [6, 6.07) is 28.8. The molecule has 0 saturated heterocycles. The smallest absolute Gasteiger partial charge is 0.165 e. The third-order valence-electron chi connectivity index (χ3n) is 4.70. The third-order valence-corrected chi connectivity index (χ3v) is 4.70. The summed E-state index contributed by atoms with van der Waals surface area (Å²) in [7, 11) is 0. The molecule has 0 radical (unpaired) electrons. The molecule has 0 aromatic heterocycles. The molecule has 126 valence electrons. The van der Waals surface area contributed by atoms with Crippen LogP contribution in [0, 0.1) is 0 Å². The van der Waals surface area contributed by atoms with E-state index in [0.29, 0.717) is 0 Å². The molecule has 0 bridgehead atoms. The molecule has 3 aromatic rings. The van der Waals surface area contributed by atoms with E-state index in [-0.39, 0.29) is 0 Å². The van der Waals surface area contributed by atoms with Crippen molar-refractivity contribution in [3.63, 3.8) is 0 Å². The zero-order chi connectivity index (χ0) is 17.5. The molecule has 0 heterocycles. The topological polar surface area (TPSA) is 24.7 Å². The molecule has 0 aliphatic carbocycles. The van der Waals surface area contributed by atoms with Gasteiger partial charge in [-0.2, -0.15) is 5.11 Å². The van der Waals surface area contributed by atoms with Crippen molar-refractivity contribution in [2.75, 3.05) is 13.1 Å². The predicted molar refractivity (Wildman–Crippen MR) is 106 cm³/mol. The van der Waals surface area contributed by atoms with Gasteiger partial charge in [0.05, 0.1) is 18.8 Å². The molecule has 0 aliphatic heterocycles. The van der Waals surface area contributed by atoms with Gasteiger partial charge in [-0.3, -0.25) is 4.48 Å². The van der Waals surface area contributed by atoms with Gasteiger partial charge in [-0.15, -0.1) is 5.11 Å². The van der Waals surface area contributed by atoms with Crippen molar-refractivity contribution < 1.29 is 0 Å². The summed E-state index contributed by atoms with van der Waals surface area (Å²) >= 11 is 0. The molecule has 0 aliphatic rings. The Bertz CT molecular complexity index is 822. The van der Waals surface area contributed by atoms with Gasteiger partial charge in [-0.05, 0) is 44.2 Å². The first-order chi connectivity index (χ1) is 12.3. The maximum absolute atomic E-state index is 4.57. The van der Waals surface area contributed by atoms with Gasteiger partial charge in [0, 0.05) is 6.07 Å². The molecule has 0 fully saturated rings. The molecule has 0 unspecified atom stereocenters. The van der Waals surface area contributed by atoms with E-state index in [9.17, 15) is 0 Å². The summed E-state index contributed by atoms with van der Waals surface area (Å²) in [5, 5.41) is 9.00. The van der Waals surface area contributed by atoms with Gasteiger partial charge in [0.15, 0.2) is 5.69 Å². The van der Waals surface area contributed by atoms with Crippen LogP contribution >= 0.6 is 0 Å². The van der Waals surface area contributed by atoms with Gasteiger partial charge >= 0.3 is 0 Å². The van der Waals surface area contributed by atoms with E-state index >= 15 is 0 Å². The minimum atomic E-state index is 0.755. The van der Waals surface area contributed by atoms with E-state index in [0.717, 1.165) is 28.9 Å². The number of para-hydroxylation sites is 2. The number of quaternary nitrogens is 1. The van der Waals surface area contributed by atoms with Crippen LogP contribution in [0.3, 0.4) is 0 Å². The highest BCUT2D eigenvalue weighted by Crippen LogP contribution is 2.41. The van der Waals surface area contributed by atoms with E-state index in [1.54, 1.807) is 0 Å². The lowest BCUT2D eigenvalue weighted by Crippen LogP contribution is -2.43. The molecule has 0 spiro atoms. The largest absolute Gasteiger partial charge is 0.257 e. The van der Waals surface area contributed by atoms with Crippen LogP contribution in [0.4, 0.5) is 22.7 Å². The average Bonchev–Trinajstić information content (AvgIpc) is 2.70. The van der Waals surface area contributed by atoms with Crippen LogP contribution in [-0.4, -0.2) is 13.1 Å². The molecular formula is C22H24N3+. The molecule has 0 saturated carbocycles. The van der Waals surface area contributed by atoms with Crippen molar-refractivity contribution in [3.8, 4) is 0 Å². The van der Waals surface area contributed by atoms with Crippen molar-refractivity contribution in [1.29, 1.82) is 0 Å². The van der Waals surface area contributed by atoms with Crippen LogP contribution in [0.5, 0.6) is 0 Å². The van der Waals surface area contributed by atoms with Crippen molar-refractivity contribution in [3.05, 3.63) is 84.9 Å². The molecule has 25 heavy (non-hydrogen) atoms. The first kappa shape index (κ1) is 17.1. The summed E-state index contributed by atoms with van der Waals surface area (Å²) in [4.78, 5) is 0. The first-order valence-corrected chi connectivity index (χ1v) is 8.79. The van der Waals surface area contributed by atoms with E-state index in [1.165, 1.54) is 11.4 Å². The number of benzene rings is 3. The summed E-state index contributed by atoms with van der Waals surface area (Å²) in [5.41, 5.74) is 4.23. The first-order valence-electron chi connectivity index (χ1n) is 8.79. The molecule has 0 atom stereocenters. The third kappa shape index (κ3) is 3.52. The summed E-state index contributed by atoms with van der Waals surface area (Å²) in [6.45, 7) is 6.36. The Morgan fingerprint density at radius 1 is 0.640 bits per heavy atom. The molecule has 3 rings (SSSR count). The molecule has 3 heteroatoms. The van der Waals surface area contributed by atoms with Crippen molar-refractivity contribution >= 4 is 22.7 Å². The average molecular weight is 330 g/mol. The van der Waals surface area contributed by atoms with Gasteiger partial charge in [-0.1, -0.05) is 48.5 Å². The minimum Gasteiger partial charge on any atom is -0.257 e. The Hall–Kier alpha value is -2.78. The number of hydrogen-bond donors (Lipinski definition) is 0. The monoisotopic (exact) mass is 330 g/mol.